The van der Waals surface area contributed by atoms with Gasteiger partial charge in [-0.1, -0.05) is 0 Å². The van der Waals surface area contributed by atoms with Crippen LogP contribution >= 0.6 is 0 Å². The van der Waals surface area contributed by atoms with E-state index in [-0.39, 0.29) is 29.9 Å². The summed E-state index contributed by atoms with van der Waals surface area (Å²) in [6.07, 6.45) is 0.752. The Morgan fingerprint density at radius 1 is 1.50 bits per heavy atom. The molecule has 0 aliphatic carbocycles. The van der Waals surface area contributed by atoms with Crippen LogP contribution in [0.5, 0.6) is 0 Å². The van der Waals surface area contributed by atoms with Gasteiger partial charge in [-0.15, -0.1) is 0 Å². The van der Waals surface area contributed by atoms with Gasteiger partial charge in [-0.3, -0.25) is 9.89 Å². The van der Waals surface area contributed by atoms with Crippen LogP contribution in [0.4, 0.5) is 0 Å². The van der Waals surface area contributed by atoms with Gasteiger partial charge in [-0.25, -0.2) is 8.42 Å². The van der Waals surface area contributed by atoms with Crippen molar-refractivity contribution in [3.63, 3.8) is 0 Å². The molecule has 1 aliphatic heterocycles. The predicted molar refractivity (Wildman–Crippen MR) is 67.0 cm³/mol. The monoisotopic (exact) mass is 271 g/mol. The smallest absolute Gasteiger partial charge is 0.224 e. The lowest BCUT2D eigenvalue weighted by Crippen LogP contribution is -2.36. The fourth-order valence-corrected chi connectivity index (χ4v) is 3.86. The molecule has 2 N–H and O–H groups in total. The Labute approximate surface area is 106 Å². The van der Waals surface area contributed by atoms with Gasteiger partial charge in [0, 0.05) is 17.3 Å². The molecule has 7 heteroatoms. The summed E-state index contributed by atoms with van der Waals surface area (Å²) in [6.45, 7) is 3.70. The van der Waals surface area contributed by atoms with E-state index in [9.17, 15) is 13.2 Å². The first-order valence-corrected chi connectivity index (χ1v) is 7.70. The van der Waals surface area contributed by atoms with Crippen molar-refractivity contribution in [1.82, 2.24) is 15.5 Å². The number of aromatic amines is 1. The van der Waals surface area contributed by atoms with Gasteiger partial charge in [0.25, 0.3) is 0 Å². The van der Waals surface area contributed by atoms with Crippen molar-refractivity contribution in [2.45, 2.75) is 32.7 Å². The SMILES string of the molecule is Cc1n[nH]c(C)c1CC(=O)NC1CCS(=O)(=O)C1. The highest BCUT2D eigenvalue weighted by Gasteiger charge is 2.29. The molecule has 0 saturated carbocycles. The van der Waals surface area contributed by atoms with E-state index in [2.05, 4.69) is 15.5 Å². The minimum absolute atomic E-state index is 0.0576. The highest BCUT2D eigenvalue weighted by atomic mass is 32.2. The number of sulfone groups is 1. The molecular weight excluding hydrogens is 254 g/mol. The number of hydrogen-bond donors (Lipinski definition) is 2. The summed E-state index contributed by atoms with van der Waals surface area (Å²) in [6, 6.07) is -0.241. The number of nitrogens with zero attached hydrogens (tertiary/aromatic N) is 1. The Bertz CT molecular complexity index is 543. The van der Waals surface area contributed by atoms with Crippen LogP contribution < -0.4 is 5.32 Å². The van der Waals surface area contributed by atoms with Gasteiger partial charge < -0.3 is 5.32 Å². The van der Waals surface area contributed by atoms with E-state index in [1.54, 1.807) is 0 Å². The maximum atomic E-state index is 11.8. The minimum Gasteiger partial charge on any atom is -0.352 e. The van der Waals surface area contributed by atoms with Crippen LogP contribution in [-0.2, 0) is 21.1 Å². The largest absolute Gasteiger partial charge is 0.352 e. The molecule has 1 amide bonds. The zero-order valence-corrected chi connectivity index (χ0v) is 11.3. The first kappa shape index (κ1) is 13.1. The molecule has 0 radical (unpaired) electrons. The van der Waals surface area contributed by atoms with Crippen molar-refractivity contribution in [2.75, 3.05) is 11.5 Å². The molecular formula is C11H17N3O3S. The summed E-state index contributed by atoms with van der Waals surface area (Å²) in [5, 5.41) is 9.61. The number of H-pyrrole nitrogens is 1. The number of carbonyl (C=O) groups excluding carboxylic acids is 1. The molecule has 0 bridgehead atoms. The molecule has 1 unspecified atom stereocenters. The zero-order valence-electron chi connectivity index (χ0n) is 10.5. The summed E-state index contributed by atoms with van der Waals surface area (Å²) in [5.74, 6) is 0.0776. The number of nitrogens with one attached hydrogen (secondary N) is 2. The summed E-state index contributed by atoms with van der Waals surface area (Å²) < 4.78 is 22.6. The third-order valence-electron chi connectivity index (χ3n) is 3.22. The third kappa shape index (κ3) is 2.90. The number of aromatic nitrogens is 2. The number of carbonyl (C=O) groups is 1. The first-order valence-electron chi connectivity index (χ1n) is 5.87. The second kappa shape index (κ2) is 4.72. The van der Waals surface area contributed by atoms with Crippen molar-refractivity contribution >= 4 is 15.7 Å². The number of hydrogen-bond acceptors (Lipinski definition) is 4. The van der Waals surface area contributed by atoms with Crippen LogP contribution in [0, 0.1) is 13.8 Å². The zero-order chi connectivity index (χ0) is 13.3. The molecule has 0 aromatic carbocycles. The Hall–Kier alpha value is -1.37. The molecule has 6 nitrogen and oxygen atoms in total. The Morgan fingerprint density at radius 3 is 2.72 bits per heavy atom. The fraction of sp³-hybridized carbons (Fsp3) is 0.636. The number of aryl methyl sites for hydroxylation is 2. The van der Waals surface area contributed by atoms with Crippen molar-refractivity contribution in [2.24, 2.45) is 0 Å². The lowest BCUT2D eigenvalue weighted by Gasteiger charge is -2.10. The van der Waals surface area contributed by atoms with E-state index in [1.807, 2.05) is 13.8 Å². The Balaban J connectivity index is 1.94. The summed E-state index contributed by atoms with van der Waals surface area (Å²) in [5.41, 5.74) is 2.57. The molecule has 1 saturated heterocycles. The first-order chi connectivity index (χ1) is 8.37. The second-order valence-electron chi connectivity index (χ2n) is 4.76. The lowest BCUT2D eigenvalue weighted by atomic mass is 10.1. The molecule has 100 valence electrons. The average molecular weight is 271 g/mol. The fourth-order valence-electron chi connectivity index (χ4n) is 2.18. The van der Waals surface area contributed by atoms with Gasteiger partial charge in [0.05, 0.1) is 23.6 Å². The molecule has 1 aromatic heterocycles. The highest BCUT2D eigenvalue weighted by molar-refractivity contribution is 7.91. The Morgan fingerprint density at radius 2 is 2.22 bits per heavy atom. The normalized spacial score (nSPS) is 22.0. The van der Waals surface area contributed by atoms with Gasteiger partial charge in [-0.05, 0) is 20.3 Å². The van der Waals surface area contributed by atoms with E-state index >= 15 is 0 Å². The van der Waals surface area contributed by atoms with Crippen molar-refractivity contribution < 1.29 is 13.2 Å². The molecule has 2 rings (SSSR count). The van der Waals surface area contributed by atoms with Crippen LogP contribution in [0.2, 0.25) is 0 Å². The van der Waals surface area contributed by atoms with Crippen molar-refractivity contribution in [1.29, 1.82) is 0 Å². The predicted octanol–water partition coefficient (Wildman–Crippen LogP) is -0.128. The van der Waals surface area contributed by atoms with Gasteiger partial charge in [0.15, 0.2) is 9.84 Å². The average Bonchev–Trinajstić information content (AvgIpc) is 2.75. The lowest BCUT2D eigenvalue weighted by molar-refractivity contribution is -0.121. The topological polar surface area (TPSA) is 91.9 Å². The summed E-state index contributed by atoms with van der Waals surface area (Å²) in [7, 11) is -2.95. The molecule has 1 atom stereocenters. The van der Waals surface area contributed by atoms with Crippen LogP contribution in [0.15, 0.2) is 0 Å². The van der Waals surface area contributed by atoms with Crippen molar-refractivity contribution in [3.05, 3.63) is 17.0 Å². The number of rotatable bonds is 3. The molecule has 1 aromatic rings. The van der Waals surface area contributed by atoms with E-state index in [0.717, 1.165) is 17.0 Å². The molecule has 1 fully saturated rings. The molecule has 18 heavy (non-hydrogen) atoms. The number of amides is 1. The quantitative estimate of drug-likeness (QED) is 0.801. The second-order valence-corrected chi connectivity index (χ2v) is 6.99. The maximum Gasteiger partial charge on any atom is 0.224 e. The van der Waals surface area contributed by atoms with E-state index in [0.29, 0.717) is 6.42 Å². The minimum atomic E-state index is -2.95. The van der Waals surface area contributed by atoms with Gasteiger partial charge in [0.1, 0.15) is 0 Å². The molecule has 0 spiro atoms. The van der Waals surface area contributed by atoms with Gasteiger partial charge >= 0.3 is 0 Å². The van der Waals surface area contributed by atoms with E-state index in [4.69, 9.17) is 0 Å². The third-order valence-corrected chi connectivity index (χ3v) is 4.98. The van der Waals surface area contributed by atoms with Gasteiger partial charge in [-0.2, -0.15) is 5.10 Å². The van der Waals surface area contributed by atoms with Crippen LogP contribution in [0.25, 0.3) is 0 Å². The Kier molecular flexibility index (Phi) is 3.43. The summed E-state index contributed by atoms with van der Waals surface area (Å²) >= 11 is 0. The highest BCUT2D eigenvalue weighted by Crippen LogP contribution is 2.13. The standard InChI is InChI=1S/C11H17N3O3S/c1-7-10(8(2)14-13-7)5-11(15)12-9-3-4-18(16,17)6-9/h9H,3-6H2,1-2H3,(H,12,15)(H,13,14). The summed E-state index contributed by atoms with van der Waals surface area (Å²) in [4.78, 5) is 11.8. The molecule has 1 aliphatic rings. The van der Waals surface area contributed by atoms with Gasteiger partial charge in [0.2, 0.25) is 5.91 Å². The molecule has 2 heterocycles. The van der Waals surface area contributed by atoms with Crippen LogP contribution in [-0.4, -0.2) is 42.1 Å². The van der Waals surface area contributed by atoms with Crippen molar-refractivity contribution in [3.8, 4) is 0 Å². The maximum absolute atomic E-state index is 11.8. The van der Waals surface area contributed by atoms with Crippen LogP contribution in [0.1, 0.15) is 23.4 Å². The van der Waals surface area contributed by atoms with E-state index < -0.39 is 9.84 Å². The van der Waals surface area contributed by atoms with E-state index in [1.165, 1.54) is 0 Å². The van der Waals surface area contributed by atoms with Crippen LogP contribution in [0.3, 0.4) is 0 Å².